The average molecular weight is 299 g/mol. The summed E-state index contributed by atoms with van der Waals surface area (Å²) in [7, 11) is 0. The lowest BCUT2D eigenvalue weighted by Gasteiger charge is -2.21. The quantitative estimate of drug-likeness (QED) is 0.592. The molecule has 0 aromatic heterocycles. The summed E-state index contributed by atoms with van der Waals surface area (Å²) in [6.07, 6.45) is 4.36. The lowest BCUT2D eigenvalue weighted by atomic mass is 10.1. The molecule has 1 heteroatoms. The molecule has 0 atom stereocenters. The molecule has 0 fully saturated rings. The Morgan fingerprint density at radius 1 is 0.565 bits per heavy atom. The van der Waals surface area contributed by atoms with Crippen LogP contribution in [0.5, 0.6) is 0 Å². The molecule has 23 heavy (non-hydrogen) atoms. The van der Waals surface area contributed by atoms with Crippen LogP contribution in [0.3, 0.4) is 0 Å². The SMILES string of the molecule is C(=C/N(Cc1ccccc1)Cc1ccccc1)/c1ccccc1. The molecule has 3 aromatic carbocycles. The molecule has 0 N–H and O–H groups in total. The molecule has 114 valence electrons. The lowest BCUT2D eigenvalue weighted by Crippen LogP contribution is -2.16. The molecular weight excluding hydrogens is 278 g/mol. The Balaban J connectivity index is 1.76. The van der Waals surface area contributed by atoms with E-state index in [9.17, 15) is 0 Å². The monoisotopic (exact) mass is 299 g/mol. The first kappa shape index (κ1) is 15.1. The van der Waals surface area contributed by atoms with Gasteiger partial charge in [-0.05, 0) is 22.8 Å². The van der Waals surface area contributed by atoms with Gasteiger partial charge in [-0.2, -0.15) is 0 Å². The first-order chi connectivity index (χ1) is 11.4. The fourth-order valence-corrected chi connectivity index (χ4v) is 2.55. The van der Waals surface area contributed by atoms with Crippen molar-refractivity contribution in [1.29, 1.82) is 0 Å². The largest absolute Gasteiger partial charge is 0.369 e. The highest BCUT2D eigenvalue weighted by atomic mass is 15.1. The van der Waals surface area contributed by atoms with E-state index in [-0.39, 0.29) is 0 Å². The van der Waals surface area contributed by atoms with Crippen molar-refractivity contribution < 1.29 is 0 Å². The molecule has 0 saturated carbocycles. The Kier molecular flexibility index (Phi) is 5.25. The molecule has 3 rings (SSSR count). The summed E-state index contributed by atoms with van der Waals surface area (Å²) < 4.78 is 0. The second-order valence-corrected chi connectivity index (χ2v) is 5.60. The van der Waals surface area contributed by atoms with Crippen LogP contribution >= 0.6 is 0 Å². The van der Waals surface area contributed by atoms with Crippen LogP contribution in [0, 0.1) is 0 Å². The van der Waals surface area contributed by atoms with Gasteiger partial charge in [0, 0.05) is 19.3 Å². The summed E-state index contributed by atoms with van der Waals surface area (Å²) in [4.78, 5) is 2.34. The van der Waals surface area contributed by atoms with Crippen molar-refractivity contribution in [2.75, 3.05) is 0 Å². The van der Waals surface area contributed by atoms with Crippen molar-refractivity contribution in [1.82, 2.24) is 4.90 Å². The Morgan fingerprint density at radius 2 is 1.00 bits per heavy atom. The third-order valence-corrected chi connectivity index (χ3v) is 3.73. The van der Waals surface area contributed by atoms with Crippen molar-refractivity contribution in [2.24, 2.45) is 0 Å². The topological polar surface area (TPSA) is 3.24 Å². The number of nitrogens with zero attached hydrogens (tertiary/aromatic N) is 1. The molecule has 1 nitrogen and oxygen atoms in total. The van der Waals surface area contributed by atoms with Gasteiger partial charge in [-0.1, -0.05) is 91.0 Å². The minimum Gasteiger partial charge on any atom is -0.369 e. The maximum Gasteiger partial charge on any atom is 0.0427 e. The second kappa shape index (κ2) is 8.00. The van der Waals surface area contributed by atoms with E-state index < -0.39 is 0 Å². The summed E-state index contributed by atoms with van der Waals surface area (Å²) in [6, 6.07) is 31.6. The second-order valence-electron chi connectivity index (χ2n) is 5.60. The highest BCUT2D eigenvalue weighted by molar-refractivity contribution is 5.48. The minimum atomic E-state index is 0.902. The molecule has 0 bridgehead atoms. The smallest absolute Gasteiger partial charge is 0.0427 e. The first-order valence-electron chi connectivity index (χ1n) is 7.95. The van der Waals surface area contributed by atoms with Crippen molar-refractivity contribution in [2.45, 2.75) is 13.1 Å². The maximum absolute atomic E-state index is 2.34. The standard InChI is InChI=1S/C22H21N/c1-4-10-20(11-5-1)16-17-23(18-21-12-6-2-7-13-21)19-22-14-8-3-9-15-22/h1-17H,18-19H2/b17-16-. The molecule has 0 amide bonds. The van der Waals surface area contributed by atoms with Gasteiger partial charge in [0.2, 0.25) is 0 Å². The Morgan fingerprint density at radius 3 is 1.48 bits per heavy atom. The van der Waals surface area contributed by atoms with Gasteiger partial charge in [-0.15, -0.1) is 0 Å². The fraction of sp³-hybridized carbons (Fsp3) is 0.0909. The third kappa shape index (κ3) is 4.86. The van der Waals surface area contributed by atoms with Crippen molar-refractivity contribution in [3.63, 3.8) is 0 Å². The van der Waals surface area contributed by atoms with Crippen molar-refractivity contribution in [3.8, 4) is 0 Å². The van der Waals surface area contributed by atoms with Gasteiger partial charge in [0.25, 0.3) is 0 Å². The predicted octanol–water partition coefficient (Wildman–Crippen LogP) is 5.36. The van der Waals surface area contributed by atoms with Gasteiger partial charge in [0.1, 0.15) is 0 Å². The highest BCUT2D eigenvalue weighted by Gasteiger charge is 2.02. The van der Waals surface area contributed by atoms with Crippen LogP contribution in [0.2, 0.25) is 0 Å². The summed E-state index contributed by atoms with van der Waals surface area (Å²) in [5.41, 5.74) is 3.86. The van der Waals surface area contributed by atoms with E-state index in [0.29, 0.717) is 0 Å². The first-order valence-corrected chi connectivity index (χ1v) is 7.95. The van der Waals surface area contributed by atoms with E-state index in [4.69, 9.17) is 0 Å². The zero-order valence-electron chi connectivity index (χ0n) is 13.2. The van der Waals surface area contributed by atoms with Crippen LogP contribution in [0.25, 0.3) is 6.08 Å². The van der Waals surface area contributed by atoms with E-state index in [2.05, 4.69) is 102 Å². The van der Waals surface area contributed by atoms with Gasteiger partial charge in [-0.3, -0.25) is 0 Å². The van der Waals surface area contributed by atoms with E-state index in [1.807, 2.05) is 6.07 Å². The van der Waals surface area contributed by atoms with Gasteiger partial charge >= 0.3 is 0 Å². The minimum absolute atomic E-state index is 0.902. The summed E-state index contributed by atoms with van der Waals surface area (Å²) >= 11 is 0. The lowest BCUT2D eigenvalue weighted by molar-refractivity contribution is 0.364. The van der Waals surface area contributed by atoms with Gasteiger partial charge < -0.3 is 4.90 Å². The van der Waals surface area contributed by atoms with E-state index in [0.717, 1.165) is 13.1 Å². The number of benzene rings is 3. The van der Waals surface area contributed by atoms with Crippen molar-refractivity contribution in [3.05, 3.63) is 114 Å². The predicted molar refractivity (Wildman–Crippen MR) is 97.6 cm³/mol. The Labute approximate surface area is 138 Å². The number of hydrogen-bond acceptors (Lipinski definition) is 1. The number of rotatable bonds is 6. The maximum atomic E-state index is 2.34. The molecule has 0 aliphatic carbocycles. The summed E-state index contributed by atoms with van der Waals surface area (Å²) in [6.45, 7) is 1.80. The molecule has 0 radical (unpaired) electrons. The molecule has 3 aromatic rings. The zero-order valence-corrected chi connectivity index (χ0v) is 13.2. The number of hydrogen-bond donors (Lipinski definition) is 0. The molecule has 0 unspecified atom stereocenters. The Bertz CT molecular complexity index is 676. The van der Waals surface area contributed by atoms with Crippen LogP contribution in [0.4, 0.5) is 0 Å². The van der Waals surface area contributed by atoms with E-state index >= 15 is 0 Å². The molecule has 0 aliphatic rings. The van der Waals surface area contributed by atoms with Crippen LogP contribution in [0.15, 0.2) is 97.2 Å². The van der Waals surface area contributed by atoms with E-state index in [1.54, 1.807) is 0 Å². The van der Waals surface area contributed by atoms with E-state index in [1.165, 1.54) is 16.7 Å². The van der Waals surface area contributed by atoms with Gasteiger partial charge in [0.05, 0.1) is 0 Å². The third-order valence-electron chi connectivity index (χ3n) is 3.73. The van der Waals surface area contributed by atoms with Crippen LogP contribution < -0.4 is 0 Å². The molecule has 0 aliphatic heterocycles. The summed E-state index contributed by atoms with van der Waals surface area (Å²) in [5, 5.41) is 0. The van der Waals surface area contributed by atoms with Gasteiger partial charge in [0.15, 0.2) is 0 Å². The van der Waals surface area contributed by atoms with Crippen LogP contribution in [0.1, 0.15) is 16.7 Å². The summed E-state index contributed by atoms with van der Waals surface area (Å²) in [5.74, 6) is 0. The van der Waals surface area contributed by atoms with Crippen LogP contribution in [-0.4, -0.2) is 4.90 Å². The Hall–Kier alpha value is -2.80. The molecule has 0 saturated heterocycles. The zero-order chi connectivity index (χ0) is 15.7. The highest BCUT2D eigenvalue weighted by Crippen LogP contribution is 2.12. The van der Waals surface area contributed by atoms with Gasteiger partial charge in [-0.25, -0.2) is 0 Å². The average Bonchev–Trinajstić information content (AvgIpc) is 2.62. The fourth-order valence-electron chi connectivity index (χ4n) is 2.55. The normalized spacial score (nSPS) is 10.8. The molecule has 0 heterocycles. The molecule has 0 spiro atoms. The van der Waals surface area contributed by atoms with Crippen LogP contribution in [-0.2, 0) is 13.1 Å². The van der Waals surface area contributed by atoms with Crippen molar-refractivity contribution >= 4 is 6.08 Å². The molecular formula is C22H21N.